The average Bonchev–Trinajstić information content (AvgIpc) is 2.25. The molecule has 0 aromatic rings. The molecule has 0 radical (unpaired) electrons. The van der Waals surface area contributed by atoms with Gasteiger partial charge in [-0.05, 0) is 12.8 Å². The molecule has 0 saturated heterocycles. The molecule has 2 N–H and O–H groups in total. The van der Waals surface area contributed by atoms with Gasteiger partial charge in [0.15, 0.2) is 0 Å². The van der Waals surface area contributed by atoms with Gasteiger partial charge in [-0.15, -0.1) is 0 Å². The molecule has 0 heterocycles. The molecule has 8 heteroatoms. The van der Waals surface area contributed by atoms with Gasteiger partial charge in [0.25, 0.3) is 0 Å². The van der Waals surface area contributed by atoms with Crippen molar-refractivity contribution in [1.82, 2.24) is 0 Å². The monoisotopic (exact) mass is 262 g/mol. The zero-order chi connectivity index (χ0) is 14.0. The van der Waals surface area contributed by atoms with Crippen LogP contribution >= 0.6 is 0 Å². The van der Waals surface area contributed by atoms with Crippen LogP contribution in [0.15, 0.2) is 0 Å². The molecule has 0 atom stereocenters. The summed E-state index contributed by atoms with van der Waals surface area (Å²) in [5, 5.41) is 16.6. The number of carboxylic acids is 2. The topological polar surface area (TPSA) is 127 Å². The maximum atomic E-state index is 10.9. The van der Waals surface area contributed by atoms with E-state index in [2.05, 4.69) is 9.78 Å². The van der Waals surface area contributed by atoms with Crippen LogP contribution < -0.4 is 0 Å². The molecular formula is C10H14O8. The molecule has 0 saturated carbocycles. The van der Waals surface area contributed by atoms with Gasteiger partial charge in [0.1, 0.15) is 0 Å². The molecule has 0 unspecified atom stereocenters. The second-order valence-corrected chi connectivity index (χ2v) is 3.41. The van der Waals surface area contributed by atoms with E-state index in [1.165, 1.54) is 0 Å². The molecule has 0 aromatic heterocycles. The smallest absolute Gasteiger partial charge is 0.355 e. The largest absolute Gasteiger partial charge is 0.481 e. The summed E-state index contributed by atoms with van der Waals surface area (Å²) in [7, 11) is 0. The Hall–Kier alpha value is -2.12. The van der Waals surface area contributed by atoms with Crippen molar-refractivity contribution in [3.05, 3.63) is 0 Å². The fourth-order valence-corrected chi connectivity index (χ4v) is 0.944. The second-order valence-electron chi connectivity index (χ2n) is 3.41. The molecule has 102 valence electrons. The zero-order valence-corrected chi connectivity index (χ0v) is 9.59. The predicted octanol–water partition coefficient (Wildman–Crippen LogP) is 0.498. The minimum absolute atomic E-state index is 0.0880. The highest BCUT2D eigenvalue weighted by Gasteiger charge is 2.11. The average molecular weight is 262 g/mol. The summed E-state index contributed by atoms with van der Waals surface area (Å²) in [4.78, 5) is 50.3. The van der Waals surface area contributed by atoms with Crippen LogP contribution in [0.25, 0.3) is 0 Å². The Morgan fingerprint density at radius 3 is 1.28 bits per heavy atom. The van der Waals surface area contributed by atoms with Crippen LogP contribution in [0.1, 0.15) is 38.5 Å². The molecule has 0 rings (SSSR count). The van der Waals surface area contributed by atoms with E-state index in [1.807, 2.05) is 0 Å². The Morgan fingerprint density at radius 1 is 0.667 bits per heavy atom. The summed E-state index contributed by atoms with van der Waals surface area (Å²) in [6, 6.07) is 0. The Morgan fingerprint density at radius 2 is 1.00 bits per heavy atom. The maximum absolute atomic E-state index is 10.9. The third-order valence-electron chi connectivity index (χ3n) is 1.77. The molecule has 0 aliphatic rings. The Balaban J connectivity index is 3.56. The number of rotatable bonds is 8. The first-order chi connectivity index (χ1) is 8.41. The summed E-state index contributed by atoms with van der Waals surface area (Å²) >= 11 is 0. The number of aliphatic carboxylic acids is 2. The molecule has 0 bridgehead atoms. The maximum Gasteiger partial charge on any atom is 0.355 e. The van der Waals surface area contributed by atoms with Crippen molar-refractivity contribution in [2.45, 2.75) is 38.5 Å². The highest BCUT2D eigenvalue weighted by atomic mass is 17.2. The lowest BCUT2D eigenvalue weighted by molar-refractivity contribution is -0.259. The molecule has 0 spiro atoms. The lowest BCUT2D eigenvalue weighted by Crippen LogP contribution is -2.12. The van der Waals surface area contributed by atoms with Gasteiger partial charge in [-0.2, -0.15) is 0 Å². The van der Waals surface area contributed by atoms with Crippen molar-refractivity contribution in [1.29, 1.82) is 0 Å². The number of carbonyl (C=O) groups is 4. The zero-order valence-electron chi connectivity index (χ0n) is 9.59. The molecule has 0 aliphatic heterocycles. The SMILES string of the molecule is O=C(O)CCCC(=O)OOC(=O)CCCC(=O)O. The first-order valence-electron chi connectivity index (χ1n) is 5.25. The van der Waals surface area contributed by atoms with Crippen LogP contribution in [0, 0.1) is 0 Å². The Kier molecular flexibility index (Phi) is 7.91. The van der Waals surface area contributed by atoms with Gasteiger partial charge in [0.05, 0.1) is 12.8 Å². The molecule has 18 heavy (non-hydrogen) atoms. The highest BCUT2D eigenvalue weighted by molar-refractivity contribution is 5.74. The predicted molar refractivity (Wildman–Crippen MR) is 55.2 cm³/mol. The van der Waals surface area contributed by atoms with Gasteiger partial charge in [0, 0.05) is 12.8 Å². The van der Waals surface area contributed by atoms with Crippen molar-refractivity contribution < 1.29 is 39.2 Å². The van der Waals surface area contributed by atoms with E-state index in [9.17, 15) is 19.2 Å². The fraction of sp³-hybridized carbons (Fsp3) is 0.600. The van der Waals surface area contributed by atoms with Crippen LogP contribution in [0.2, 0.25) is 0 Å². The molecule has 8 nitrogen and oxygen atoms in total. The van der Waals surface area contributed by atoms with E-state index in [0.717, 1.165) is 0 Å². The Labute approximate surface area is 102 Å². The van der Waals surface area contributed by atoms with E-state index in [0.29, 0.717) is 0 Å². The molecule has 0 aliphatic carbocycles. The quantitative estimate of drug-likeness (QED) is 0.478. The molecular weight excluding hydrogens is 248 g/mol. The van der Waals surface area contributed by atoms with Crippen LogP contribution in [-0.4, -0.2) is 34.1 Å². The van der Waals surface area contributed by atoms with Crippen LogP contribution in [0.3, 0.4) is 0 Å². The van der Waals surface area contributed by atoms with Gasteiger partial charge < -0.3 is 10.2 Å². The van der Waals surface area contributed by atoms with Crippen molar-refractivity contribution in [2.75, 3.05) is 0 Å². The van der Waals surface area contributed by atoms with Crippen molar-refractivity contribution >= 4 is 23.9 Å². The summed E-state index contributed by atoms with van der Waals surface area (Å²) in [6.07, 6.45) is -0.526. The minimum atomic E-state index is -1.03. The van der Waals surface area contributed by atoms with E-state index in [1.54, 1.807) is 0 Å². The Bertz CT molecular complexity index is 290. The lowest BCUT2D eigenvalue weighted by atomic mass is 10.2. The number of hydrogen-bond acceptors (Lipinski definition) is 6. The van der Waals surface area contributed by atoms with E-state index in [-0.39, 0.29) is 38.5 Å². The molecule has 0 amide bonds. The number of carboxylic acid groups (broad SMARTS) is 2. The van der Waals surface area contributed by atoms with Gasteiger partial charge in [-0.1, -0.05) is 0 Å². The van der Waals surface area contributed by atoms with Gasteiger partial charge in [-0.3, -0.25) is 9.59 Å². The summed E-state index contributed by atoms with van der Waals surface area (Å²) < 4.78 is 0. The highest BCUT2D eigenvalue weighted by Crippen LogP contribution is 2.01. The van der Waals surface area contributed by atoms with Crippen molar-refractivity contribution in [3.8, 4) is 0 Å². The number of hydrogen-bond donors (Lipinski definition) is 2. The van der Waals surface area contributed by atoms with Crippen molar-refractivity contribution in [3.63, 3.8) is 0 Å². The lowest BCUT2D eigenvalue weighted by Gasteiger charge is -2.02. The van der Waals surface area contributed by atoms with Crippen LogP contribution in [-0.2, 0) is 29.0 Å². The first-order valence-corrected chi connectivity index (χ1v) is 5.25. The normalized spacial score (nSPS) is 9.56. The minimum Gasteiger partial charge on any atom is -0.481 e. The summed E-state index contributed by atoms with van der Waals surface area (Å²) in [5.74, 6) is -3.76. The standard InChI is InChI=1S/C10H14O8/c11-7(12)3-1-5-9(15)17-18-10(16)6-2-4-8(13)14/h1-6H2,(H,11,12)(H,13,14). The molecule has 0 fully saturated rings. The van der Waals surface area contributed by atoms with Gasteiger partial charge in [-0.25, -0.2) is 19.4 Å². The summed E-state index contributed by atoms with van der Waals surface area (Å²) in [5.41, 5.74) is 0. The van der Waals surface area contributed by atoms with E-state index < -0.39 is 23.9 Å². The first kappa shape index (κ1) is 15.9. The third kappa shape index (κ3) is 10.4. The number of carbonyl (C=O) groups excluding carboxylic acids is 2. The van der Waals surface area contributed by atoms with Gasteiger partial charge >= 0.3 is 23.9 Å². The van der Waals surface area contributed by atoms with Gasteiger partial charge in [0.2, 0.25) is 0 Å². The van der Waals surface area contributed by atoms with E-state index >= 15 is 0 Å². The molecule has 0 aromatic carbocycles. The third-order valence-corrected chi connectivity index (χ3v) is 1.77. The van der Waals surface area contributed by atoms with Crippen LogP contribution in [0.4, 0.5) is 0 Å². The fourth-order valence-electron chi connectivity index (χ4n) is 0.944. The van der Waals surface area contributed by atoms with Crippen molar-refractivity contribution in [2.24, 2.45) is 0 Å². The van der Waals surface area contributed by atoms with Crippen LogP contribution in [0.5, 0.6) is 0 Å². The second kappa shape index (κ2) is 8.97. The summed E-state index contributed by atoms with van der Waals surface area (Å²) in [6.45, 7) is 0. The van der Waals surface area contributed by atoms with E-state index in [4.69, 9.17) is 10.2 Å².